The summed E-state index contributed by atoms with van der Waals surface area (Å²) in [5.41, 5.74) is 3.81. The largest absolute Gasteiger partial charge is 0.356 e. The molecule has 0 bridgehead atoms. The molecule has 0 saturated carbocycles. The fourth-order valence-corrected chi connectivity index (χ4v) is 3.60. The Morgan fingerprint density at radius 2 is 2.04 bits per heavy atom. The van der Waals surface area contributed by atoms with Crippen molar-refractivity contribution in [1.29, 1.82) is 0 Å². The van der Waals surface area contributed by atoms with Crippen molar-refractivity contribution in [1.82, 2.24) is 10.3 Å². The zero-order valence-electron chi connectivity index (χ0n) is 15.7. The minimum Gasteiger partial charge on any atom is -0.356 e. The van der Waals surface area contributed by atoms with Crippen molar-refractivity contribution in [3.05, 3.63) is 54.3 Å². The lowest BCUT2D eigenvalue weighted by Gasteiger charge is -2.32. The van der Waals surface area contributed by atoms with Gasteiger partial charge in [-0.2, -0.15) is 0 Å². The number of rotatable bonds is 5. The number of aromatic nitrogens is 1. The van der Waals surface area contributed by atoms with Crippen LogP contribution in [0.4, 0.5) is 5.82 Å². The first-order chi connectivity index (χ1) is 12.1. The van der Waals surface area contributed by atoms with Crippen LogP contribution in [0.5, 0.6) is 0 Å². The number of nitrogens with zero attached hydrogens (tertiary/aromatic N) is 2. The molecule has 0 unspecified atom stereocenters. The molecule has 3 heteroatoms. The molecular weight excluding hydrogens is 306 g/mol. The Kier molecular flexibility index (Phi) is 5.54. The Balaban J connectivity index is 1.87. The Morgan fingerprint density at radius 3 is 2.68 bits per heavy atom. The highest BCUT2D eigenvalue weighted by Crippen LogP contribution is 2.28. The average molecular weight is 335 g/mol. The second-order valence-electron chi connectivity index (χ2n) is 7.10. The summed E-state index contributed by atoms with van der Waals surface area (Å²) in [6, 6.07) is 9.55. The van der Waals surface area contributed by atoms with Crippen molar-refractivity contribution >= 4 is 22.2 Å². The highest BCUT2D eigenvalue weighted by atomic mass is 15.2. The molecule has 3 nitrogen and oxygen atoms in total. The molecule has 1 aliphatic rings. The number of benzene rings is 1. The maximum Gasteiger partial charge on any atom is 0.129 e. The predicted molar refractivity (Wildman–Crippen MR) is 109 cm³/mol. The van der Waals surface area contributed by atoms with E-state index in [4.69, 9.17) is 4.98 Å². The number of allylic oxidation sites excluding steroid dienone is 3. The van der Waals surface area contributed by atoms with E-state index in [1.54, 1.807) is 0 Å². The lowest BCUT2D eigenvalue weighted by Crippen LogP contribution is -2.41. The Hall–Kier alpha value is -2.13. The molecule has 2 aromatic rings. The second kappa shape index (κ2) is 7.83. The van der Waals surface area contributed by atoms with Gasteiger partial charge < -0.3 is 10.2 Å². The zero-order valence-corrected chi connectivity index (χ0v) is 15.7. The van der Waals surface area contributed by atoms with E-state index in [1.807, 2.05) is 6.20 Å². The van der Waals surface area contributed by atoms with E-state index in [2.05, 4.69) is 68.0 Å². The molecule has 25 heavy (non-hydrogen) atoms. The number of nitrogens with one attached hydrogen (secondary N) is 1. The van der Waals surface area contributed by atoms with Crippen LogP contribution in [0.1, 0.15) is 38.7 Å². The Bertz CT molecular complexity index is 783. The molecule has 1 aromatic heterocycles. The lowest BCUT2D eigenvalue weighted by atomic mass is 9.97. The molecule has 3 rings (SSSR count). The first-order valence-electron chi connectivity index (χ1n) is 9.22. The molecule has 1 aromatic carbocycles. The van der Waals surface area contributed by atoms with Gasteiger partial charge in [-0.3, -0.25) is 0 Å². The molecule has 0 spiro atoms. The summed E-state index contributed by atoms with van der Waals surface area (Å²) in [6.45, 7) is 10.4. The highest BCUT2D eigenvalue weighted by molar-refractivity contribution is 5.87. The number of fused-ring (bicyclic) bond motifs is 1. The molecule has 132 valence electrons. The van der Waals surface area contributed by atoms with E-state index in [1.165, 1.54) is 40.3 Å². The summed E-state index contributed by atoms with van der Waals surface area (Å²) in [5, 5.41) is 5.85. The van der Waals surface area contributed by atoms with Gasteiger partial charge in [0.1, 0.15) is 5.82 Å². The maximum atomic E-state index is 4.70. The Morgan fingerprint density at radius 1 is 1.28 bits per heavy atom. The summed E-state index contributed by atoms with van der Waals surface area (Å²) in [5.74, 6) is 1.10. The summed E-state index contributed by atoms with van der Waals surface area (Å²) in [7, 11) is 2.06. The van der Waals surface area contributed by atoms with Crippen LogP contribution in [0, 0.1) is 0 Å². The molecule has 1 saturated heterocycles. The average Bonchev–Trinajstić information content (AvgIpc) is 2.65. The van der Waals surface area contributed by atoms with Crippen LogP contribution >= 0.6 is 0 Å². The Labute approximate surface area is 151 Å². The SMILES string of the molecule is C=C(C)C/C(=C\C)c1ccc2cnc(N3CCC(NC)CC3)cc2c1. The minimum absolute atomic E-state index is 0.641. The van der Waals surface area contributed by atoms with Crippen molar-refractivity contribution in [2.24, 2.45) is 0 Å². The van der Waals surface area contributed by atoms with Crippen molar-refractivity contribution in [3.63, 3.8) is 0 Å². The standard InChI is InChI=1S/C22H29N3/c1-5-17(12-16(2)3)18-6-7-19-15-24-22(14-20(19)13-18)25-10-8-21(23-4)9-11-25/h5-7,13-15,21,23H,2,8-12H2,1,3-4H3/b17-5+. The fourth-order valence-electron chi connectivity index (χ4n) is 3.60. The molecular formula is C22H29N3. The predicted octanol–water partition coefficient (Wildman–Crippen LogP) is 4.79. The van der Waals surface area contributed by atoms with Gasteiger partial charge in [0.2, 0.25) is 0 Å². The molecule has 0 atom stereocenters. The monoisotopic (exact) mass is 335 g/mol. The molecule has 0 radical (unpaired) electrons. The van der Waals surface area contributed by atoms with Crippen molar-refractivity contribution in [3.8, 4) is 0 Å². The topological polar surface area (TPSA) is 28.2 Å². The zero-order chi connectivity index (χ0) is 17.8. The normalized spacial score (nSPS) is 16.4. The van der Waals surface area contributed by atoms with E-state index in [0.717, 1.165) is 25.3 Å². The summed E-state index contributed by atoms with van der Waals surface area (Å²) < 4.78 is 0. The van der Waals surface area contributed by atoms with E-state index < -0.39 is 0 Å². The van der Waals surface area contributed by atoms with Crippen LogP contribution < -0.4 is 10.2 Å². The summed E-state index contributed by atoms with van der Waals surface area (Å²) in [4.78, 5) is 7.11. The molecule has 0 aliphatic carbocycles. The third-order valence-electron chi connectivity index (χ3n) is 5.15. The molecule has 1 N–H and O–H groups in total. The van der Waals surface area contributed by atoms with Crippen LogP contribution in [0.2, 0.25) is 0 Å². The third-order valence-corrected chi connectivity index (χ3v) is 5.15. The molecule has 0 amide bonds. The van der Waals surface area contributed by atoms with E-state index in [-0.39, 0.29) is 0 Å². The lowest BCUT2D eigenvalue weighted by molar-refractivity contribution is 0.441. The second-order valence-corrected chi connectivity index (χ2v) is 7.10. The number of anilines is 1. The van der Waals surface area contributed by atoms with Gasteiger partial charge in [-0.15, -0.1) is 0 Å². The first kappa shape index (κ1) is 17.7. The van der Waals surface area contributed by atoms with Crippen LogP contribution in [0.25, 0.3) is 16.3 Å². The van der Waals surface area contributed by atoms with Crippen LogP contribution in [0.3, 0.4) is 0 Å². The van der Waals surface area contributed by atoms with Gasteiger partial charge in [0.25, 0.3) is 0 Å². The number of hydrogen-bond donors (Lipinski definition) is 1. The van der Waals surface area contributed by atoms with Crippen LogP contribution in [-0.4, -0.2) is 31.2 Å². The highest BCUT2D eigenvalue weighted by Gasteiger charge is 2.18. The van der Waals surface area contributed by atoms with Gasteiger partial charge in [0.05, 0.1) is 0 Å². The molecule has 2 heterocycles. The van der Waals surface area contributed by atoms with Crippen molar-refractivity contribution < 1.29 is 0 Å². The van der Waals surface area contributed by atoms with Crippen LogP contribution in [-0.2, 0) is 0 Å². The summed E-state index contributed by atoms with van der Waals surface area (Å²) in [6.07, 6.45) is 7.49. The van der Waals surface area contributed by atoms with E-state index in [9.17, 15) is 0 Å². The first-order valence-corrected chi connectivity index (χ1v) is 9.22. The molecule has 1 aliphatic heterocycles. The fraction of sp³-hybridized carbons (Fsp3) is 0.409. The quantitative estimate of drug-likeness (QED) is 0.796. The van der Waals surface area contributed by atoms with Gasteiger partial charge in [0, 0.05) is 30.7 Å². The number of hydrogen-bond acceptors (Lipinski definition) is 3. The van der Waals surface area contributed by atoms with E-state index in [0.29, 0.717) is 6.04 Å². The van der Waals surface area contributed by atoms with Gasteiger partial charge in [-0.1, -0.05) is 30.4 Å². The molecule has 1 fully saturated rings. The van der Waals surface area contributed by atoms with Gasteiger partial charge in [-0.25, -0.2) is 4.98 Å². The van der Waals surface area contributed by atoms with E-state index >= 15 is 0 Å². The van der Waals surface area contributed by atoms with Crippen molar-refractivity contribution in [2.45, 2.75) is 39.2 Å². The van der Waals surface area contributed by atoms with Crippen molar-refractivity contribution in [2.75, 3.05) is 25.0 Å². The van der Waals surface area contributed by atoms with Gasteiger partial charge in [-0.05, 0) is 68.8 Å². The number of piperidine rings is 1. The maximum absolute atomic E-state index is 4.70. The van der Waals surface area contributed by atoms with Gasteiger partial charge >= 0.3 is 0 Å². The summed E-state index contributed by atoms with van der Waals surface area (Å²) >= 11 is 0. The van der Waals surface area contributed by atoms with Gasteiger partial charge in [0.15, 0.2) is 0 Å². The minimum atomic E-state index is 0.641. The van der Waals surface area contributed by atoms with Crippen LogP contribution in [0.15, 0.2) is 48.7 Å². The number of pyridine rings is 1. The third kappa shape index (κ3) is 4.10. The smallest absolute Gasteiger partial charge is 0.129 e.